The van der Waals surface area contributed by atoms with Crippen molar-refractivity contribution in [3.63, 3.8) is 0 Å². The zero-order valence-electron chi connectivity index (χ0n) is 16.3. The lowest BCUT2D eigenvalue weighted by molar-refractivity contribution is -0.145. The number of methoxy groups -OCH3 is 1. The number of esters is 1. The van der Waals surface area contributed by atoms with Crippen molar-refractivity contribution in [2.45, 2.75) is 25.9 Å². The number of benzene rings is 1. The summed E-state index contributed by atoms with van der Waals surface area (Å²) in [5, 5.41) is 0. The molecule has 2 heterocycles. The Labute approximate surface area is 179 Å². The van der Waals surface area contributed by atoms with Gasteiger partial charge in [-0.3, -0.25) is 9.69 Å². The van der Waals surface area contributed by atoms with E-state index in [2.05, 4.69) is 0 Å². The molecule has 0 spiro atoms. The number of amides is 1. The van der Waals surface area contributed by atoms with Gasteiger partial charge >= 0.3 is 5.97 Å². The third-order valence-electron chi connectivity index (χ3n) is 4.42. The van der Waals surface area contributed by atoms with Crippen LogP contribution in [0.1, 0.15) is 25.3 Å². The lowest BCUT2D eigenvalue weighted by atomic mass is 10.1. The predicted octanol–water partition coefficient (Wildman–Crippen LogP) is 3.02. The highest BCUT2D eigenvalue weighted by atomic mass is 32.2. The van der Waals surface area contributed by atoms with Crippen LogP contribution in [-0.4, -0.2) is 60.7 Å². The van der Waals surface area contributed by atoms with E-state index in [4.69, 9.17) is 31.2 Å². The van der Waals surface area contributed by atoms with Crippen molar-refractivity contribution in [2.75, 3.05) is 33.5 Å². The molecule has 2 saturated heterocycles. The fourth-order valence-electron chi connectivity index (χ4n) is 3.03. The highest BCUT2D eigenvalue weighted by Gasteiger charge is 2.34. The maximum atomic E-state index is 12.8. The zero-order chi connectivity index (χ0) is 20.8. The summed E-state index contributed by atoms with van der Waals surface area (Å²) < 4.78 is 21.8. The molecule has 0 aliphatic carbocycles. The van der Waals surface area contributed by atoms with E-state index < -0.39 is 5.97 Å². The number of thiocarbonyl (C=S) groups is 1. The molecular weight excluding hydrogens is 414 g/mol. The molecule has 1 amide bonds. The van der Waals surface area contributed by atoms with Crippen LogP contribution in [0.3, 0.4) is 0 Å². The lowest BCUT2D eigenvalue weighted by Crippen LogP contribution is -2.35. The van der Waals surface area contributed by atoms with Gasteiger partial charge in [-0.2, -0.15) is 0 Å². The summed E-state index contributed by atoms with van der Waals surface area (Å²) in [6.07, 6.45) is 3.78. The Morgan fingerprint density at radius 3 is 2.93 bits per heavy atom. The first-order chi connectivity index (χ1) is 14.0. The molecule has 29 heavy (non-hydrogen) atoms. The van der Waals surface area contributed by atoms with E-state index in [0.717, 1.165) is 25.0 Å². The predicted molar refractivity (Wildman–Crippen MR) is 114 cm³/mol. The first-order valence-electron chi connectivity index (χ1n) is 9.35. The smallest absolute Gasteiger partial charge is 0.344 e. The maximum absolute atomic E-state index is 12.8. The number of hydrogen-bond acceptors (Lipinski definition) is 8. The molecule has 0 bridgehead atoms. The van der Waals surface area contributed by atoms with Crippen molar-refractivity contribution >= 4 is 46.3 Å². The Balaban J connectivity index is 1.69. The number of thioether (sulfide) groups is 1. The van der Waals surface area contributed by atoms with Gasteiger partial charge in [0.15, 0.2) is 18.1 Å². The van der Waals surface area contributed by atoms with Crippen molar-refractivity contribution < 1.29 is 28.5 Å². The number of rotatable bonds is 8. The van der Waals surface area contributed by atoms with Crippen molar-refractivity contribution in [3.8, 4) is 11.5 Å². The van der Waals surface area contributed by atoms with Crippen LogP contribution in [0.2, 0.25) is 0 Å². The number of carbonyl (C=O) groups is 2. The standard InChI is InChI=1S/C20H23NO6S2/c1-3-25-18(22)12-27-15-7-6-13(9-16(15)24-2)10-17-19(23)21(20(28)29-17)11-14-5-4-8-26-14/h6-7,9-10,14H,3-5,8,11-12H2,1-2H3/b17-10-/t14-/m1/s1. The number of carbonyl (C=O) groups excluding carboxylic acids is 2. The highest BCUT2D eigenvalue weighted by molar-refractivity contribution is 8.26. The second-order valence-electron chi connectivity index (χ2n) is 6.43. The molecule has 1 aromatic rings. The van der Waals surface area contributed by atoms with Gasteiger partial charge in [-0.15, -0.1) is 0 Å². The van der Waals surface area contributed by atoms with Gasteiger partial charge in [0.2, 0.25) is 0 Å². The fourth-order valence-corrected chi connectivity index (χ4v) is 4.31. The zero-order valence-corrected chi connectivity index (χ0v) is 18.0. The van der Waals surface area contributed by atoms with E-state index >= 15 is 0 Å². The second kappa shape index (κ2) is 10.1. The lowest BCUT2D eigenvalue weighted by Gasteiger charge is -2.18. The van der Waals surface area contributed by atoms with Gasteiger partial charge in [0.1, 0.15) is 4.32 Å². The van der Waals surface area contributed by atoms with E-state index in [9.17, 15) is 9.59 Å². The molecule has 9 heteroatoms. The molecule has 2 aliphatic rings. The summed E-state index contributed by atoms with van der Waals surface area (Å²) in [6, 6.07) is 5.22. The van der Waals surface area contributed by atoms with Crippen molar-refractivity contribution in [1.82, 2.24) is 4.90 Å². The summed E-state index contributed by atoms with van der Waals surface area (Å²) in [5.74, 6) is 0.312. The normalized spacial score (nSPS) is 20.4. The van der Waals surface area contributed by atoms with Crippen LogP contribution < -0.4 is 9.47 Å². The van der Waals surface area contributed by atoms with Crippen LogP contribution in [0.5, 0.6) is 11.5 Å². The van der Waals surface area contributed by atoms with Gasteiger partial charge in [0.25, 0.3) is 5.91 Å². The molecule has 156 valence electrons. The van der Waals surface area contributed by atoms with Gasteiger partial charge in [0, 0.05) is 6.61 Å². The van der Waals surface area contributed by atoms with Gasteiger partial charge < -0.3 is 18.9 Å². The molecule has 7 nitrogen and oxygen atoms in total. The Bertz CT molecular complexity index is 819. The molecule has 0 aromatic heterocycles. The molecule has 3 rings (SSSR count). The van der Waals surface area contributed by atoms with Crippen LogP contribution in [0.4, 0.5) is 0 Å². The largest absolute Gasteiger partial charge is 0.493 e. The molecule has 0 radical (unpaired) electrons. The summed E-state index contributed by atoms with van der Waals surface area (Å²) in [6.45, 7) is 3.05. The topological polar surface area (TPSA) is 74.3 Å². The molecule has 0 N–H and O–H groups in total. The molecule has 1 aromatic carbocycles. The molecule has 2 fully saturated rings. The summed E-state index contributed by atoms with van der Waals surface area (Å²) >= 11 is 6.66. The van der Waals surface area contributed by atoms with Crippen molar-refractivity contribution in [2.24, 2.45) is 0 Å². The van der Waals surface area contributed by atoms with E-state index in [-0.39, 0.29) is 18.6 Å². The molecule has 0 saturated carbocycles. The van der Waals surface area contributed by atoms with Crippen molar-refractivity contribution in [3.05, 3.63) is 28.7 Å². The Kier molecular flexibility index (Phi) is 7.51. The highest BCUT2D eigenvalue weighted by Crippen LogP contribution is 2.35. The fraction of sp³-hybridized carbons (Fsp3) is 0.450. The summed E-state index contributed by atoms with van der Waals surface area (Å²) in [4.78, 5) is 26.4. The second-order valence-corrected chi connectivity index (χ2v) is 8.11. The maximum Gasteiger partial charge on any atom is 0.344 e. The number of ether oxygens (including phenoxy) is 4. The van der Waals surface area contributed by atoms with E-state index in [0.29, 0.717) is 33.9 Å². The molecule has 2 aliphatic heterocycles. The summed E-state index contributed by atoms with van der Waals surface area (Å²) in [5.41, 5.74) is 0.767. The van der Waals surface area contributed by atoms with Gasteiger partial charge in [-0.1, -0.05) is 30.0 Å². The van der Waals surface area contributed by atoms with Crippen LogP contribution in [0, 0.1) is 0 Å². The van der Waals surface area contributed by atoms with Crippen LogP contribution in [0.15, 0.2) is 23.1 Å². The molecule has 1 atom stereocenters. The molecular formula is C20H23NO6S2. The van der Waals surface area contributed by atoms with E-state index in [1.54, 1.807) is 36.1 Å². The third kappa shape index (κ3) is 5.49. The monoisotopic (exact) mass is 437 g/mol. The Morgan fingerprint density at radius 2 is 2.24 bits per heavy atom. The number of hydrogen-bond donors (Lipinski definition) is 0. The SMILES string of the molecule is CCOC(=O)COc1ccc(/C=C2\SC(=S)N(C[C@H]3CCCO3)C2=O)cc1OC. The van der Waals surface area contributed by atoms with E-state index in [1.165, 1.54) is 18.9 Å². The van der Waals surface area contributed by atoms with Crippen LogP contribution >= 0.6 is 24.0 Å². The Morgan fingerprint density at radius 1 is 1.41 bits per heavy atom. The first kappa shape index (κ1) is 21.6. The van der Waals surface area contributed by atoms with Gasteiger partial charge in [-0.25, -0.2) is 4.79 Å². The van der Waals surface area contributed by atoms with E-state index in [1.807, 2.05) is 0 Å². The minimum Gasteiger partial charge on any atom is -0.493 e. The first-order valence-corrected chi connectivity index (χ1v) is 10.6. The third-order valence-corrected chi connectivity index (χ3v) is 5.80. The Hall–Kier alpha value is -2.10. The summed E-state index contributed by atoms with van der Waals surface area (Å²) in [7, 11) is 1.51. The van der Waals surface area contributed by atoms with Crippen molar-refractivity contribution in [1.29, 1.82) is 0 Å². The quantitative estimate of drug-likeness (QED) is 0.349. The molecule has 0 unspecified atom stereocenters. The average Bonchev–Trinajstić information content (AvgIpc) is 3.31. The minimum atomic E-state index is -0.450. The number of nitrogens with zero attached hydrogens (tertiary/aromatic N) is 1. The van der Waals surface area contributed by atoms with Crippen LogP contribution in [0.25, 0.3) is 6.08 Å². The average molecular weight is 438 g/mol. The van der Waals surface area contributed by atoms with Crippen LogP contribution in [-0.2, 0) is 19.1 Å². The minimum absolute atomic E-state index is 0.0489. The van der Waals surface area contributed by atoms with Gasteiger partial charge in [-0.05, 0) is 43.5 Å². The van der Waals surface area contributed by atoms with Gasteiger partial charge in [0.05, 0.1) is 31.3 Å².